The van der Waals surface area contributed by atoms with Gasteiger partial charge in [0.2, 0.25) is 0 Å². The molecule has 0 aliphatic rings. The zero-order valence-electron chi connectivity index (χ0n) is 9.29. The predicted octanol–water partition coefficient (Wildman–Crippen LogP) is 1.04. The number of hydrogen-bond acceptors (Lipinski definition) is 4. The molecule has 0 atom stereocenters. The van der Waals surface area contributed by atoms with Crippen molar-refractivity contribution in [3.05, 3.63) is 6.20 Å². The standard InChI is InChI=1S/C6H7N2O2.3CH3.Sn/c1-9-5-3-4-7-6(8-5)10-2;;;;/h4H,1-2H3;3*1H3;. The number of ether oxygens (including phenoxy) is 2. The molecule has 1 rings (SSSR count). The molecule has 0 unspecified atom stereocenters. The SMILES string of the molecule is COc1nc[c]([Sn]([CH3])([CH3])[CH3])c(OC)n1. The summed E-state index contributed by atoms with van der Waals surface area (Å²) in [4.78, 5) is 15.2. The fourth-order valence-electron chi connectivity index (χ4n) is 1.12. The zero-order chi connectivity index (χ0) is 10.8. The van der Waals surface area contributed by atoms with Crippen LogP contribution >= 0.6 is 0 Å². The number of rotatable bonds is 3. The van der Waals surface area contributed by atoms with E-state index in [2.05, 4.69) is 24.8 Å². The van der Waals surface area contributed by atoms with E-state index in [0.29, 0.717) is 11.9 Å². The molecule has 0 spiro atoms. The molecular formula is C9H16N2O2Sn. The molecule has 0 saturated carbocycles. The third-order valence-corrected chi connectivity index (χ3v) is 7.51. The summed E-state index contributed by atoms with van der Waals surface area (Å²) in [5.41, 5.74) is 0. The molecule has 0 aliphatic heterocycles. The minimum atomic E-state index is -2.16. The summed E-state index contributed by atoms with van der Waals surface area (Å²) in [6.07, 6.45) is 1.83. The van der Waals surface area contributed by atoms with Crippen molar-refractivity contribution in [3.8, 4) is 11.9 Å². The maximum absolute atomic E-state index is 5.24. The van der Waals surface area contributed by atoms with E-state index in [1.165, 1.54) is 3.58 Å². The number of methoxy groups -OCH3 is 2. The topological polar surface area (TPSA) is 44.2 Å². The quantitative estimate of drug-likeness (QED) is 0.783. The monoisotopic (exact) mass is 304 g/mol. The second-order valence-corrected chi connectivity index (χ2v) is 18.4. The second kappa shape index (κ2) is 4.33. The maximum atomic E-state index is 5.24. The number of hydrogen-bond donors (Lipinski definition) is 0. The normalized spacial score (nSPS) is 11.2. The molecule has 5 heteroatoms. The Hall–Kier alpha value is -0.521. The van der Waals surface area contributed by atoms with Crippen molar-refractivity contribution in [1.29, 1.82) is 0 Å². The van der Waals surface area contributed by atoms with Crippen LogP contribution in [0, 0.1) is 0 Å². The van der Waals surface area contributed by atoms with Crippen molar-refractivity contribution in [2.75, 3.05) is 14.2 Å². The van der Waals surface area contributed by atoms with Gasteiger partial charge in [-0.05, 0) is 0 Å². The summed E-state index contributed by atoms with van der Waals surface area (Å²) in [6.45, 7) is 0. The Morgan fingerprint density at radius 3 is 2.21 bits per heavy atom. The molecule has 0 amide bonds. The van der Waals surface area contributed by atoms with Crippen LogP contribution in [0.1, 0.15) is 0 Å². The van der Waals surface area contributed by atoms with Crippen molar-refractivity contribution in [1.82, 2.24) is 9.97 Å². The fraction of sp³-hybridized carbons (Fsp3) is 0.556. The Balaban J connectivity index is 3.18. The van der Waals surface area contributed by atoms with Gasteiger partial charge in [-0.25, -0.2) is 0 Å². The van der Waals surface area contributed by atoms with Crippen LogP contribution in [-0.2, 0) is 0 Å². The third-order valence-electron chi connectivity index (χ3n) is 1.92. The molecule has 4 nitrogen and oxygen atoms in total. The van der Waals surface area contributed by atoms with Gasteiger partial charge in [-0.1, -0.05) is 0 Å². The Morgan fingerprint density at radius 1 is 1.14 bits per heavy atom. The van der Waals surface area contributed by atoms with Gasteiger partial charge < -0.3 is 0 Å². The van der Waals surface area contributed by atoms with Gasteiger partial charge >= 0.3 is 88.5 Å². The molecule has 0 radical (unpaired) electrons. The third kappa shape index (κ3) is 2.49. The molecule has 0 saturated heterocycles. The van der Waals surface area contributed by atoms with E-state index in [1.54, 1.807) is 14.2 Å². The fourth-order valence-corrected chi connectivity index (χ4v) is 4.69. The van der Waals surface area contributed by atoms with E-state index in [0.717, 1.165) is 0 Å². The van der Waals surface area contributed by atoms with Crippen LogP contribution in [0.25, 0.3) is 0 Å². The van der Waals surface area contributed by atoms with E-state index in [9.17, 15) is 0 Å². The van der Waals surface area contributed by atoms with Crippen LogP contribution in [0.15, 0.2) is 6.20 Å². The van der Waals surface area contributed by atoms with Crippen LogP contribution in [0.2, 0.25) is 14.8 Å². The summed E-state index contributed by atoms with van der Waals surface area (Å²) in [7, 11) is 3.18. The Kier molecular flexibility index (Phi) is 3.58. The Labute approximate surface area is 88.5 Å². The molecule has 1 aromatic rings. The van der Waals surface area contributed by atoms with Gasteiger partial charge in [0.25, 0.3) is 0 Å². The number of nitrogens with zero attached hydrogens (tertiary/aromatic N) is 2. The van der Waals surface area contributed by atoms with Gasteiger partial charge in [-0.2, -0.15) is 0 Å². The minimum absolute atomic E-state index is 0.362. The van der Waals surface area contributed by atoms with Crippen LogP contribution in [0.3, 0.4) is 0 Å². The molecule has 1 aromatic heterocycles. The zero-order valence-corrected chi connectivity index (χ0v) is 12.1. The van der Waals surface area contributed by atoms with Gasteiger partial charge in [-0.3, -0.25) is 0 Å². The molecule has 78 valence electrons. The second-order valence-electron chi connectivity index (χ2n) is 4.03. The number of aromatic nitrogens is 2. The summed E-state index contributed by atoms with van der Waals surface area (Å²) >= 11 is -2.16. The van der Waals surface area contributed by atoms with Gasteiger partial charge in [0.1, 0.15) is 0 Å². The molecule has 0 N–H and O–H groups in total. The van der Waals surface area contributed by atoms with Crippen LogP contribution in [-0.4, -0.2) is 42.6 Å². The van der Waals surface area contributed by atoms with Crippen LogP contribution in [0.5, 0.6) is 11.9 Å². The van der Waals surface area contributed by atoms with E-state index < -0.39 is 18.4 Å². The molecule has 0 aromatic carbocycles. The molecule has 14 heavy (non-hydrogen) atoms. The first kappa shape index (κ1) is 11.6. The molecule has 0 bridgehead atoms. The van der Waals surface area contributed by atoms with Gasteiger partial charge in [-0.15, -0.1) is 0 Å². The first-order valence-electron chi connectivity index (χ1n) is 4.44. The summed E-state index contributed by atoms with van der Waals surface area (Å²) in [5.74, 6) is 0.667. The first-order chi connectivity index (χ1) is 6.49. The first-order valence-corrected chi connectivity index (χ1v) is 14.4. The molecular weight excluding hydrogens is 287 g/mol. The van der Waals surface area contributed by atoms with E-state index in [4.69, 9.17) is 9.47 Å². The van der Waals surface area contributed by atoms with Gasteiger partial charge in [0.15, 0.2) is 0 Å². The van der Waals surface area contributed by atoms with Crippen LogP contribution < -0.4 is 13.1 Å². The van der Waals surface area contributed by atoms with Gasteiger partial charge in [0.05, 0.1) is 0 Å². The van der Waals surface area contributed by atoms with E-state index in [1.807, 2.05) is 6.20 Å². The Morgan fingerprint density at radius 2 is 1.79 bits per heavy atom. The van der Waals surface area contributed by atoms with Crippen molar-refractivity contribution in [3.63, 3.8) is 0 Å². The van der Waals surface area contributed by atoms with E-state index in [-0.39, 0.29) is 0 Å². The van der Waals surface area contributed by atoms with Crippen molar-refractivity contribution in [2.45, 2.75) is 14.8 Å². The molecule has 0 fully saturated rings. The van der Waals surface area contributed by atoms with Gasteiger partial charge in [0, 0.05) is 0 Å². The van der Waals surface area contributed by atoms with Crippen molar-refractivity contribution < 1.29 is 9.47 Å². The predicted molar refractivity (Wildman–Crippen MR) is 58.1 cm³/mol. The van der Waals surface area contributed by atoms with Crippen LogP contribution in [0.4, 0.5) is 0 Å². The average Bonchev–Trinajstić information content (AvgIpc) is 2.15. The molecule has 0 aliphatic carbocycles. The van der Waals surface area contributed by atoms with Crippen molar-refractivity contribution in [2.24, 2.45) is 0 Å². The Bertz CT molecular complexity index is 323. The summed E-state index contributed by atoms with van der Waals surface area (Å²) in [6, 6.07) is 0.362. The molecule has 1 heterocycles. The average molecular weight is 303 g/mol. The van der Waals surface area contributed by atoms with E-state index >= 15 is 0 Å². The summed E-state index contributed by atoms with van der Waals surface area (Å²) < 4.78 is 11.4. The summed E-state index contributed by atoms with van der Waals surface area (Å²) in [5, 5.41) is 0. The van der Waals surface area contributed by atoms with Crippen molar-refractivity contribution >= 4 is 22.0 Å².